The van der Waals surface area contributed by atoms with Crippen molar-refractivity contribution < 1.29 is 23.9 Å². The fourth-order valence-corrected chi connectivity index (χ4v) is 1.00. The topological polar surface area (TPSA) is 81.7 Å². The molecule has 0 rings (SSSR count). The molecule has 0 unspecified atom stereocenters. The Morgan fingerprint density at radius 3 is 2.42 bits per heavy atom. The van der Waals surface area contributed by atoms with Gasteiger partial charge in [-0.2, -0.15) is 0 Å². The molecule has 19 heavy (non-hydrogen) atoms. The van der Waals surface area contributed by atoms with Crippen LogP contribution in [0.3, 0.4) is 0 Å². The van der Waals surface area contributed by atoms with Crippen molar-refractivity contribution in [3.8, 4) is 0 Å². The zero-order valence-electron chi connectivity index (χ0n) is 11.1. The van der Waals surface area contributed by atoms with E-state index < -0.39 is 11.9 Å². The van der Waals surface area contributed by atoms with Crippen LogP contribution in [0.15, 0.2) is 24.8 Å². The van der Waals surface area contributed by atoms with Crippen LogP contribution < -0.4 is 5.32 Å². The number of hydrogen-bond donors (Lipinski definition) is 1. The van der Waals surface area contributed by atoms with Crippen LogP contribution in [0.25, 0.3) is 0 Å². The molecular weight excluding hydrogens is 250 g/mol. The first-order valence-electron chi connectivity index (χ1n) is 5.86. The highest BCUT2D eigenvalue weighted by atomic mass is 16.6. The lowest BCUT2D eigenvalue weighted by atomic mass is 10.3. The Bertz CT molecular complexity index is 362. The lowest BCUT2D eigenvalue weighted by molar-refractivity contribution is -0.150. The van der Waals surface area contributed by atoms with E-state index in [0.29, 0.717) is 18.5 Å². The van der Waals surface area contributed by atoms with E-state index in [-0.39, 0.29) is 25.5 Å². The maximum absolute atomic E-state index is 11.2. The molecule has 0 aliphatic heterocycles. The first-order valence-corrected chi connectivity index (χ1v) is 5.86. The summed E-state index contributed by atoms with van der Waals surface area (Å²) in [4.78, 5) is 33.0. The molecule has 0 aliphatic carbocycles. The number of hydrogen-bond acceptors (Lipinski definition) is 5. The molecule has 6 nitrogen and oxygen atoms in total. The molecule has 0 aromatic carbocycles. The molecule has 0 radical (unpaired) electrons. The van der Waals surface area contributed by atoms with Gasteiger partial charge in [-0.3, -0.25) is 9.59 Å². The summed E-state index contributed by atoms with van der Waals surface area (Å²) >= 11 is 0. The summed E-state index contributed by atoms with van der Waals surface area (Å²) in [5, 5.41) is 2.54. The molecular formula is C13H19NO5. The normalized spacial score (nSPS) is 9.32. The third kappa shape index (κ3) is 9.58. The van der Waals surface area contributed by atoms with Gasteiger partial charge in [0.05, 0.1) is 0 Å². The monoisotopic (exact) mass is 269 g/mol. The summed E-state index contributed by atoms with van der Waals surface area (Å²) in [6.45, 7) is 8.64. The number of esters is 2. The molecule has 6 heteroatoms. The van der Waals surface area contributed by atoms with Crippen LogP contribution in [0.2, 0.25) is 0 Å². The molecule has 0 spiro atoms. The summed E-state index contributed by atoms with van der Waals surface area (Å²) in [6, 6.07) is 0. The highest BCUT2D eigenvalue weighted by molar-refractivity contribution is 5.87. The fraction of sp³-hybridized carbons (Fsp3) is 0.462. The van der Waals surface area contributed by atoms with Gasteiger partial charge in [-0.25, -0.2) is 4.79 Å². The molecule has 0 aliphatic rings. The van der Waals surface area contributed by atoms with E-state index in [0.717, 1.165) is 6.08 Å². The minimum absolute atomic E-state index is 0.00460. The van der Waals surface area contributed by atoms with Crippen molar-refractivity contribution in [2.24, 2.45) is 0 Å². The lowest BCUT2D eigenvalue weighted by Gasteiger charge is -2.06. The van der Waals surface area contributed by atoms with Crippen molar-refractivity contribution in [2.45, 2.75) is 19.8 Å². The molecule has 0 fully saturated rings. The van der Waals surface area contributed by atoms with Gasteiger partial charge >= 0.3 is 11.9 Å². The summed E-state index contributed by atoms with van der Waals surface area (Å²) in [6.07, 6.45) is 1.82. The van der Waals surface area contributed by atoms with E-state index in [2.05, 4.69) is 18.5 Å². The van der Waals surface area contributed by atoms with Crippen LogP contribution in [0.1, 0.15) is 19.8 Å². The zero-order chi connectivity index (χ0) is 14.7. The molecule has 1 amide bonds. The Labute approximate surface area is 112 Å². The summed E-state index contributed by atoms with van der Waals surface area (Å²) in [5.41, 5.74) is 0.296. The van der Waals surface area contributed by atoms with E-state index in [1.807, 2.05) is 0 Å². The van der Waals surface area contributed by atoms with E-state index in [9.17, 15) is 14.4 Å². The van der Waals surface area contributed by atoms with Gasteiger partial charge in [-0.15, -0.1) is 0 Å². The average Bonchev–Trinajstić information content (AvgIpc) is 2.38. The Hall–Kier alpha value is -2.11. The lowest BCUT2D eigenvalue weighted by Crippen LogP contribution is -2.22. The van der Waals surface area contributed by atoms with Gasteiger partial charge in [0.2, 0.25) is 5.91 Å². The predicted molar refractivity (Wildman–Crippen MR) is 69.2 cm³/mol. The highest BCUT2D eigenvalue weighted by Gasteiger charge is 2.05. The van der Waals surface area contributed by atoms with Gasteiger partial charge in [-0.1, -0.05) is 13.2 Å². The van der Waals surface area contributed by atoms with Crippen LogP contribution in [-0.4, -0.2) is 37.6 Å². The van der Waals surface area contributed by atoms with Crippen LogP contribution in [-0.2, 0) is 23.9 Å². The third-order valence-corrected chi connectivity index (χ3v) is 1.97. The molecule has 0 saturated carbocycles. The first-order chi connectivity index (χ1) is 8.97. The number of ether oxygens (including phenoxy) is 2. The SMILES string of the molecule is C=CC(=O)NCCCC(=O)OCCOC(=O)C(=C)C. The molecule has 0 aromatic rings. The Morgan fingerprint density at radius 1 is 1.21 bits per heavy atom. The smallest absolute Gasteiger partial charge is 0.333 e. The van der Waals surface area contributed by atoms with Crippen molar-refractivity contribution in [2.75, 3.05) is 19.8 Å². The minimum atomic E-state index is -0.511. The van der Waals surface area contributed by atoms with Gasteiger partial charge in [0.25, 0.3) is 0 Å². The number of nitrogens with one attached hydrogen (secondary N) is 1. The molecule has 0 heterocycles. The molecule has 0 saturated heterocycles. The average molecular weight is 269 g/mol. The maximum Gasteiger partial charge on any atom is 0.333 e. The highest BCUT2D eigenvalue weighted by Crippen LogP contribution is 1.94. The molecule has 1 N–H and O–H groups in total. The van der Waals surface area contributed by atoms with Gasteiger partial charge < -0.3 is 14.8 Å². The molecule has 106 valence electrons. The van der Waals surface area contributed by atoms with E-state index >= 15 is 0 Å². The predicted octanol–water partition coefficient (Wildman–Crippen LogP) is 0.731. The number of amides is 1. The first kappa shape index (κ1) is 16.9. The molecule has 0 aromatic heterocycles. The van der Waals surface area contributed by atoms with Crippen LogP contribution in [0.4, 0.5) is 0 Å². The number of rotatable bonds is 9. The zero-order valence-corrected chi connectivity index (χ0v) is 11.1. The number of carbonyl (C=O) groups excluding carboxylic acids is 3. The van der Waals surface area contributed by atoms with Crippen molar-refractivity contribution >= 4 is 17.8 Å². The van der Waals surface area contributed by atoms with Gasteiger partial charge in [0.15, 0.2) is 0 Å². The quantitative estimate of drug-likeness (QED) is 0.379. The largest absolute Gasteiger partial charge is 0.462 e. The standard InChI is InChI=1S/C13H19NO5/c1-4-11(15)14-7-5-6-12(16)18-8-9-19-13(17)10(2)3/h4H,1-2,5-9H2,3H3,(H,14,15). The molecule has 0 bridgehead atoms. The maximum atomic E-state index is 11.2. The molecule has 0 atom stereocenters. The van der Waals surface area contributed by atoms with Crippen molar-refractivity contribution in [1.82, 2.24) is 5.32 Å². The number of carbonyl (C=O) groups is 3. The van der Waals surface area contributed by atoms with Gasteiger partial charge in [-0.05, 0) is 19.4 Å². The van der Waals surface area contributed by atoms with E-state index in [1.54, 1.807) is 0 Å². The van der Waals surface area contributed by atoms with Crippen LogP contribution >= 0.6 is 0 Å². The second kappa shape index (κ2) is 9.87. The summed E-state index contributed by atoms with van der Waals surface area (Å²) < 4.78 is 9.57. The Kier molecular flexibility index (Phi) is 8.78. The minimum Gasteiger partial charge on any atom is -0.462 e. The second-order valence-electron chi connectivity index (χ2n) is 3.74. The summed E-state index contributed by atoms with van der Waals surface area (Å²) in [7, 11) is 0. The van der Waals surface area contributed by atoms with Crippen molar-refractivity contribution in [3.63, 3.8) is 0 Å². The Morgan fingerprint density at radius 2 is 1.84 bits per heavy atom. The van der Waals surface area contributed by atoms with Crippen molar-refractivity contribution in [1.29, 1.82) is 0 Å². The van der Waals surface area contributed by atoms with Gasteiger partial charge in [0, 0.05) is 18.5 Å². The second-order valence-corrected chi connectivity index (χ2v) is 3.74. The van der Waals surface area contributed by atoms with E-state index in [1.165, 1.54) is 6.92 Å². The fourth-order valence-electron chi connectivity index (χ4n) is 1.00. The van der Waals surface area contributed by atoms with Gasteiger partial charge in [0.1, 0.15) is 13.2 Å². The van der Waals surface area contributed by atoms with Crippen LogP contribution in [0.5, 0.6) is 0 Å². The third-order valence-electron chi connectivity index (χ3n) is 1.97. The van der Waals surface area contributed by atoms with E-state index in [4.69, 9.17) is 9.47 Å². The van der Waals surface area contributed by atoms with Crippen molar-refractivity contribution in [3.05, 3.63) is 24.8 Å². The summed E-state index contributed by atoms with van der Waals surface area (Å²) in [5.74, 6) is -1.19. The Balaban J connectivity index is 3.50. The van der Waals surface area contributed by atoms with Crippen LogP contribution in [0, 0.1) is 0 Å².